The first-order chi connectivity index (χ1) is 8.61. The third-order valence-corrected chi connectivity index (χ3v) is 3.82. The molecule has 2 unspecified atom stereocenters. The summed E-state index contributed by atoms with van der Waals surface area (Å²) in [6.45, 7) is 8.53. The van der Waals surface area contributed by atoms with Gasteiger partial charge in [0.05, 0.1) is 12.6 Å². The van der Waals surface area contributed by atoms with E-state index in [2.05, 4.69) is 49.2 Å². The zero-order chi connectivity index (χ0) is 13.1. The van der Waals surface area contributed by atoms with Crippen LogP contribution in [-0.4, -0.2) is 36.9 Å². The van der Waals surface area contributed by atoms with E-state index in [1.165, 1.54) is 16.8 Å². The molecule has 2 N–H and O–H groups in total. The van der Waals surface area contributed by atoms with Gasteiger partial charge in [0.2, 0.25) is 0 Å². The van der Waals surface area contributed by atoms with Gasteiger partial charge < -0.3 is 15.3 Å². The van der Waals surface area contributed by atoms with Gasteiger partial charge in [-0.1, -0.05) is 17.7 Å². The van der Waals surface area contributed by atoms with Gasteiger partial charge in [0.25, 0.3) is 0 Å². The first kappa shape index (κ1) is 13.4. The van der Waals surface area contributed by atoms with Crippen molar-refractivity contribution in [2.45, 2.75) is 39.3 Å². The van der Waals surface area contributed by atoms with E-state index in [9.17, 15) is 5.11 Å². The van der Waals surface area contributed by atoms with E-state index in [1.54, 1.807) is 0 Å². The lowest BCUT2D eigenvalue weighted by Gasteiger charge is -2.32. The van der Waals surface area contributed by atoms with Crippen molar-refractivity contribution >= 4 is 5.69 Å². The third-order valence-electron chi connectivity index (χ3n) is 3.82. The highest BCUT2D eigenvalue weighted by atomic mass is 16.3. The number of hydrogen-bond donors (Lipinski definition) is 2. The molecule has 0 saturated carbocycles. The van der Waals surface area contributed by atoms with Crippen molar-refractivity contribution in [3.8, 4) is 0 Å². The van der Waals surface area contributed by atoms with Gasteiger partial charge in [0.15, 0.2) is 0 Å². The minimum absolute atomic E-state index is 0.177. The molecule has 0 aromatic heterocycles. The van der Waals surface area contributed by atoms with Gasteiger partial charge in [-0.3, -0.25) is 0 Å². The van der Waals surface area contributed by atoms with Crippen LogP contribution in [-0.2, 0) is 0 Å². The Morgan fingerprint density at radius 1 is 1.39 bits per heavy atom. The number of benzene rings is 1. The van der Waals surface area contributed by atoms with Crippen LogP contribution in [0.15, 0.2) is 18.2 Å². The molecule has 1 heterocycles. The summed E-state index contributed by atoms with van der Waals surface area (Å²) in [7, 11) is 0. The van der Waals surface area contributed by atoms with E-state index in [-0.39, 0.29) is 12.6 Å². The molecule has 2 atom stereocenters. The lowest BCUT2D eigenvalue weighted by Crippen LogP contribution is -2.43. The molecule has 0 bridgehead atoms. The monoisotopic (exact) mass is 248 g/mol. The number of nitrogens with one attached hydrogen (secondary N) is 1. The lowest BCUT2D eigenvalue weighted by atomic mass is 10.1. The first-order valence-corrected chi connectivity index (χ1v) is 6.80. The van der Waals surface area contributed by atoms with Crippen LogP contribution in [0.5, 0.6) is 0 Å². The van der Waals surface area contributed by atoms with Gasteiger partial charge in [0.1, 0.15) is 0 Å². The zero-order valence-corrected chi connectivity index (χ0v) is 11.6. The van der Waals surface area contributed by atoms with Crippen molar-refractivity contribution in [3.05, 3.63) is 29.3 Å². The first-order valence-electron chi connectivity index (χ1n) is 6.80. The van der Waals surface area contributed by atoms with Crippen LogP contribution < -0.4 is 10.2 Å². The molecule has 1 saturated heterocycles. The normalized spacial score (nSPS) is 25.0. The van der Waals surface area contributed by atoms with Crippen molar-refractivity contribution in [3.63, 3.8) is 0 Å². The van der Waals surface area contributed by atoms with Crippen molar-refractivity contribution in [2.24, 2.45) is 0 Å². The number of anilines is 1. The molecule has 3 nitrogen and oxygen atoms in total. The fourth-order valence-electron chi connectivity index (χ4n) is 2.67. The van der Waals surface area contributed by atoms with Crippen molar-refractivity contribution < 1.29 is 5.11 Å². The van der Waals surface area contributed by atoms with Crippen LogP contribution in [0, 0.1) is 13.8 Å². The SMILES string of the molecule is Cc1ccc(N2CCC(C)NCC2CO)c(C)c1. The maximum absolute atomic E-state index is 9.60. The average molecular weight is 248 g/mol. The molecule has 0 amide bonds. The second-order valence-electron chi connectivity index (χ2n) is 5.42. The van der Waals surface area contributed by atoms with Gasteiger partial charge in [-0.2, -0.15) is 0 Å². The van der Waals surface area contributed by atoms with E-state index in [4.69, 9.17) is 0 Å². The second kappa shape index (κ2) is 5.72. The Morgan fingerprint density at radius 2 is 2.17 bits per heavy atom. The molecule has 2 rings (SSSR count). The summed E-state index contributed by atoms with van der Waals surface area (Å²) in [4.78, 5) is 2.35. The highest BCUT2D eigenvalue weighted by molar-refractivity contribution is 5.55. The summed E-state index contributed by atoms with van der Waals surface area (Å²) in [5.41, 5.74) is 3.84. The van der Waals surface area contributed by atoms with Crippen LogP contribution in [0.2, 0.25) is 0 Å². The molecule has 1 aromatic rings. The molecule has 1 aromatic carbocycles. The molecule has 100 valence electrons. The molecule has 1 aliphatic heterocycles. The Bertz CT molecular complexity index is 405. The predicted octanol–water partition coefficient (Wildman–Crippen LogP) is 1.85. The molecule has 3 heteroatoms. The Labute approximate surface area is 110 Å². The highest BCUT2D eigenvalue weighted by Gasteiger charge is 2.23. The summed E-state index contributed by atoms with van der Waals surface area (Å²) in [5, 5.41) is 13.1. The number of rotatable bonds is 2. The summed E-state index contributed by atoms with van der Waals surface area (Å²) in [6.07, 6.45) is 1.11. The van der Waals surface area contributed by atoms with E-state index >= 15 is 0 Å². The predicted molar refractivity (Wildman–Crippen MR) is 76.2 cm³/mol. The molecule has 18 heavy (non-hydrogen) atoms. The number of aryl methyl sites for hydroxylation is 2. The quantitative estimate of drug-likeness (QED) is 0.838. The van der Waals surface area contributed by atoms with Crippen molar-refractivity contribution in [1.29, 1.82) is 0 Å². The molecule has 1 fully saturated rings. The van der Waals surface area contributed by atoms with E-state index in [1.807, 2.05) is 0 Å². The summed E-state index contributed by atoms with van der Waals surface area (Å²) < 4.78 is 0. The van der Waals surface area contributed by atoms with Crippen molar-refractivity contribution in [2.75, 3.05) is 24.6 Å². The Balaban J connectivity index is 2.27. The van der Waals surface area contributed by atoms with Gasteiger partial charge in [-0.15, -0.1) is 0 Å². The van der Waals surface area contributed by atoms with Crippen molar-refractivity contribution in [1.82, 2.24) is 5.32 Å². The molecular formula is C15H24N2O. The van der Waals surface area contributed by atoms with E-state index in [0.29, 0.717) is 6.04 Å². The van der Waals surface area contributed by atoms with Crippen LogP contribution in [0.25, 0.3) is 0 Å². The number of aliphatic hydroxyl groups is 1. The standard InChI is InChI=1S/C15H24N2O/c1-11-4-5-15(12(2)8-11)17-7-6-13(3)16-9-14(17)10-18/h4-5,8,13-14,16,18H,6-7,9-10H2,1-3H3. The highest BCUT2D eigenvalue weighted by Crippen LogP contribution is 2.24. The van der Waals surface area contributed by atoms with Gasteiger partial charge in [-0.25, -0.2) is 0 Å². The minimum atomic E-state index is 0.177. The molecule has 0 aliphatic carbocycles. The van der Waals surface area contributed by atoms with Crippen LogP contribution in [0.3, 0.4) is 0 Å². The zero-order valence-electron chi connectivity index (χ0n) is 11.6. The fraction of sp³-hybridized carbons (Fsp3) is 0.600. The summed E-state index contributed by atoms with van der Waals surface area (Å²) in [5.74, 6) is 0. The molecule has 1 aliphatic rings. The van der Waals surface area contributed by atoms with Gasteiger partial charge >= 0.3 is 0 Å². The number of nitrogens with zero attached hydrogens (tertiary/aromatic N) is 1. The number of hydrogen-bond acceptors (Lipinski definition) is 3. The lowest BCUT2D eigenvalue weighted by molar-refractivity contribution is 0.259. The fourth-order valence-corrected chi connectivity index (χ4v) is 2.67. The molecular weight excluding hydrogens is 224 g/mol. The van der Waals surface area contributed by atoms with Crippen LogP contribution >= 0.6 is 0 Å². The van der Waals surface area contributed by atoms with Gasteiger partial charge in [0, 0.05) is 24.8 Å². The van der Waals surface area contributed by atoms with E-state index in [0.717, 1.165) is 19.5 Å². The van der Waals surface area contributed by atoms with Crippen LogP contribution in [0.4, 0.5) is 5.69 Å². The maximum atomic E-state index is 9.60. The smallest absolute Gasteiger partial charge is 0.0647 e. The Morgan fingerprint density at radius 3 is 2.83 bits per heavy atom. The summed E-state index contributed by atoms with van der Waals surface area (Å²) >= 11 is 0. The molecule has 0 radical (unpaired) electrons. The number of aliphatic hydroxyl groups excluding tert-OH is 1. The topological polar surface area (TPSA) is 35.5 Å². The second-order valence-corrected chi connectivity index (χ2v) is 5.42. The van der Waals surface area contributed by atoms with Gasteiger partial charge in [-0.05, 0) is 38.8 Å². The van der Waals surface area contributed by atoms with Crippen LogP contribution in [0.1, 0.15) is 24.5 Å². The largest absolute Gasteiger partial charge is 0.394 e. The Kier molecular flexibility index (Phi) is 4.25. The Hall–Kier alpha value is -1.06. The molecule has 0 spiro atoms. The maximum Gasteiger partial charge on any atom is 0.0647 e. The third kappa shape index (κ3) is 2.85. The average Bonchev–Trinajstić information content (AvgIpc) is 2.51. The van der Waals surface area contributed by atoms with E-state index < -0.39 is 0 Å². The summed E-state index contributed by atoms with van der Waals surface area (Å²) in [6, 6.07) is 7.25. The minimum Gasteiger partial charge on any atom is -0.394 e.